The molecule has 0 spiro atoms. The number of rotatable bonds is 6. The molecule has 0 amide bonds. The normalized spacial score (nSPS) is 10.5. The molecule has 6 nitrogen and oxygen atoms in total. The van der Waals surface area contributed by atoms with Gasteiger partial charge in [-0.2, -0.15) is 8.42 Å². The van der Waals surface area contributed by atoms with Gasteiger partial charge in [-0.1, -0.05) is 0 Å². The van der Waals surface area contributed by atoms with Crippen molar-refractivity contribution in [3.63, 3.8) is 0 Å². The third-order valence-electron chi connectivity index (χ3n) is 1.92. The van der Waals surface area contributed by atoms with E-state index in [0.29, 0.717) is 12.2 Å². The van der Waals surface area contributed by atoms with E-state index >= 15 is 0 Å². The zero-order chi connectivity index (χ0) is 12.9. The number of ether oxygens (including phenoxy) is 1. The molecule has 1 N–H and O–H groups in total. The maximum atomic E-state index is 10.7. The van der Waals surface area contributed by atoms with Crippen molar-refractivity contribution in [2.75, 3.05) is 6.61 Å². The molecule has 8 heteroatoms. The number of carbonyl (C=O) groups is 1. The van der Waals surface area contributed by atoms with Crippen molar-refractivity contribution in [2.24, 2.45) is 0 Å². The third kappa shape index (κ3) is 6.36. The summed E-state index contributed by atoms with van der Waals surface area (Å²) in [5, 5.41) is 10.1. The number of aliphatic carboxylic acids is 1. The Bertz CT molecular complexity index is 482. The molecule has 94 valence electrons. The quantitative estimate of drug-likeness (QED) is 0.336. The van der Waals surface area contributed by atoms with Crippen LogP contribution < -0.4 is 39.4 Å². The molecule has 0 bridgehead atoms. The molecule has 0 aromatic heterocycles. The van der Waals surface area contributed by atoms with E-state index in [0.717, 1.165) is 0 Å². The SMILES string of the molecule is O=C([O-])CCCOc1ccc(S(=O)(=O)O)cc1.[Na+]. The van der Waals surface area contributed by atoms with E-state index in [1.807, 2.05) is 0 Å². The molecule has 0 saturated heterocycles. The van der Waals surface area contributed by atoms with E-state index in [1.165, 1.54) is 24.3 Å². The predicted molar refractivity (Wildman–Crippen MR) is 56.0 cm³/mol. The molecule has 0 unspecified atom stereocenters. The summed E-state index contributed by atoms with van der Waals surface area (Å²) in [6.45, 7) is 0.194. The number of hydrogen-bond acceptors (Lipinski definition) is 5. The molecule has 0 aliphatic heterocycles. The van der Waals surface area contributed by atoms with Crippen molar-refractivity contribution in [3.8, 4) is 5.75 Å². The summed E-state index contributed by atoms with van der Waals surface area (Å²) in [5.74, 6) is -0.744. The minimum atomic E-state index is -4.20. The predicted octanol–water partition coefficient (Wildman–Crippen LogP) is -3.15. The van der Waals surface area contributed by atoms with Crippen LogP contribution in [0.25, 0.3) is 0 Å². The van der Waals surface area contributed by atoms with Crippen LogP contribution in [0, 0.1) is 0 Å². The van der Waals surface area contributed by atoms with Crippen LogP contribution in [0.4, 0.5) is 0 Å². The summed E-state index contributed by atoms with van der Waals surface area (Å²) in [6.07, 6.45) is 0.214. The molecule has 0 atom stereocenters. The molecule has 1 aromatic rings. The Balaban J connectivity index is 0.00000289. The molecule has 1 aromatic carbocycles. The standard InChI is InChI=1S/C10H12O6S.Na/c11-10(12)2-1-7-16-8-3-5-9(6-4-8)17(13,14)15;/h3-6H,1-2,7H2,(H,11,12)(H,13,14,15);/q;+1/p-1. The molecular weight excluding hydrogens is 271 g/mol. The van der Waals surface area contributed by atoms with Gasteiger partial charge in [0, 0.05) is 5.97 Å². The van der Waals surface area contributed by atoms with Gasteiger partial charge in [-0.3, -0.25) is 4.55 Å². The molecule has 1 rings (SSSR count). The van der Waals surface area contributed by atoms with Crippen molar-refractivity contribution in [1.82, 2.24) is 0 Å². The minimum Gasteiger partial charge on any atom is -0.550 e. The van der Waals surface area contributed by atoms with Gasteiger partial charge >= 0.3 is 29.6 Å². The van der Waals surface area contributed by atoms with E-state index < -0.39 is 16.1 Å². The van der Waals surface area contributed by atoms with Gasteiger partial charge in [0.15, 0.2) is 0 Å². The molecule has 0 aliphatic carbocycles. The van der Waals surface area contributed by atoms with Gasteiger partial charge < -0.3 is 14.6 Å². The number of carboxylic acid groups (broad SMARTS) is 1. The summed E-state index contributed by atoms with van der Waals surface area (Å²) >= 11 is 0. The molecule has 0 aliphatic rings. The molecule has 0 saturated carbocycles. The summed E-state index contributed by atoms with van der Waals surface area (Å²) in [7, 11) is -4.20. The van der Waals surface area contributed by atoms with E-state index in [-0.39, 0.29) is 47.5 Å². The Labute approximate surface area is 127 Å². The fraction of sp³-hybridized carbons (Fsp3) is 0.300. The molecular formula is C10H11NaO6S. The van der Waals surface area contributed by atoms with Crippen LogP contribution in [0.15, 0.2) is 29.2 Å². The van der Waals surface area contributed by atoms with Crippen molar-refractivity contribution in [1.29, 1.82) is 0 Å². The minimum absolute atomic E-state index is 0. The second-order valence-electron chi connectivity index (χ2n) is 3.27. The Morgan fingerprint density at radius 2 is 1.83 bits per heavy atom. The van der Waals surface area contributed by atoms with E-state index in [1.54, 1.807) is 0 Å². The van der Waals surface area contributed by atoms with Gasteiger partial charge in [-0.25, -0.2) is 0 Å². The van der Waals surface area contributed by atoms with Gasteiger partial charge in [0.05, 0.1) is 11.5 Å². The van der Waals surface area contributed by atoms with Crippen molar-refractivity contribution in [2.45, 2.75) is 17.7 Å². The largest absolute Gasteiger partial charge is 1.00 e. The van der Waals surface area contributed by atoms with Crippen molar-refractivity contribution in [3.05, 3.63) is 24.3 Å². The topological polar surface area (TPSA) is 104 Å². The molecule has 0 heterocycles. The van der Waals surface area contributed by atoms with Crippen LogP contribution in [0.1, 0.15) is 12.8 Å². The zero-order valence-electron chi connectivity index (χ0n) is 9.83. The smallest absolute Gasteiger partial charge is 0.550 e. The Morgan fingerprint density at radius 1 is 1.28 bits per heavy atom. The average molecular weight is 282 g/mol. The van der Waals surface area contributed by atoms with Crippen LogP contribution in [0.3, 0.4) is 0 Å². The molecule has 18 heavy (non-hydrogen) atoms. The molecule has 0 fully saturated rings. The van der Waals surface area contributed by atoms with Crippen LogP contribution in [-0.4, -0.2) is 25.5 Å². The second kappa shape index (κ2) is 7.75. The number of carboxylic acids is 1. The number of hydrogen-bond donors (Lipinski definition) is 1. The van der Waals surface area contributed by atoms with Crippen LogP contribution >= 0.6 is 0 Å². The maximum Gasteiger partial charge on any atom is 1.00 e. The van der Waals surface area contributed by atoms with Gasteiger partial charge in [0.25, 0.3) is 10.1 Å². The van der Waals surface area contributed by atoms with Gasteiger partial charge in [-0.15, -0.1) is 0 Å². The number of benzene rings is 1. The zero-order valence-corrected chi connectivity index (χ0v) is 12.6. The summed E-state index contributed by atoms with van der Waals surface area (Å²) in [5.41, 5.74) is 0. The van der Waals surface area contributed by atoms with Crippen LogP contribution in [0.5, 0.6) is 5.75 Å². The first kappa shape index (κ1) is 17.4. The average Bonchev–Trinajstić information content (AvgIpc) is 2.23. The van der Waals surface area contributed by atoms with Gasteiger partial charge in [0.2, 0.25) is 0 Å². The summed E-state index contributed by atoms with van der Waals surface area (Å²) in [4.78, 5) is 9.88. The van der Waals surface area contributed by atoms with Gasteiger partial charge in [0.1, 0.15) is 5.75 Å². The monoisotopic (exact) mass is 282 g/mol. The first-order valence-electron chi connectivity index (χ1n) is 4.80. The Morgan fingerprint density at radius 3 is 2.28 bits per heavy atom. The summed E-state index contributed by atoms with van der Waals surface area (Å²) < 4.78 is 35.3. The molecule has 0 radical (unpaired) electrons. The number of carbonyl (C=O) groups excluding carboxylic acids is 1. The Kier molecular flexibility index (Phi) is 7.49. The van der Waals surface area contributed by atoms with Gasteiger partial charge in [-0.05, 0) is 37.1 Å². The first-order chi connectivity index (χ1) is 7.89. The summed E-state index contributed by atoms with van der Waals surface area (Å²) in [6, 6.07) is 5.15. The van der Waals surface area contributed by atoms with E-state index in [2.05, 4.69) is 0 Å². The van der Waals surface area contributed by atoms with Crippen molar-refractivity contribution < 1.29 is 57.2 Å². The fourth-order valence-corrected chi connectivity index (χ4v) is 1.59. The first-order valence-corrected chi connectivity index (χ1v) is 6.24. The van der Waals surface area contributed by atoms with Crippen molar-refractivity contribution >= 4 is 16.1 Å². The van der Waals surface area contributed by atoms with E-state index in [9.17, 15) is 18.3 Å². The second-order valence-corrected chi connectivity index (χ2v) is 4.69. The van der Waals surface area contributed by atoms with Crippen LogP contribution in [-0.2, 0) is 14.9 Å². The maximum absolute atomic E-state index is 10.7. The fourth-order valence-electron chi connectivity index (χ4n) is 1.11. The van der Waals surface area contributed by atoms with Crippen LogP contribution in [0.2, 0.25) is 0 Å². The van der Waals surface area contributed by atoms with E-state index in [4.69, 9.17) is 9.29 Å². The third-order valence-corrected chi connectivity index (χ3v) is 2.78. The Hall–Kier alpha value is -0.600.